The first-order chi connectivity index (χ1) is 22.7. The third-order valence-corrected chi connectivity index (χ3v) is 9.88. The van der Waals surface area contributed by atoms with Crippen molar-refractivity contribution in [1.29, 1.82) is 0 Å². The number of aromatic nitrogens is 6. The predicted octanol–water partition coefficient (Wildman–Crippen LogP) is 9.05. The fraction of sp³-hybridized carbons (Fsp3) is 0.0556. The lowest BCUT2D eigenvalue weighted by Gasteiger charge is -2.36. The van der Waals surface area contributed by atoms with E-state index < -0.39 is 0 Å². The number of para-hydroxylation sites is 6. The first-order valence-corrected chi connectivity index (χ1v) is 15.8. The highest BCUT2D eigenvalue weighted by Crippen LogP contribution is 2.55. The van der Waals surface area contributed by atoms with E-state index in [4.69, 9.17) is 4.74 Å². The fourth-order valence-corrected chi connectivity index (χ4v) is 7.90. The van der Waals surface area contributed by atoms with Crippen molar-refractivity contribution in [3.8, 4) is 11.5 Å². The zero-order valence-corrected chi connectivity index (χ0v) is 25.6. The van der Waals surface area contributed by atoms with E-state index in [1.165, 1.54) is 9.79 Å². The molecule has 5 aromatic carbocycles. The van der Waals surface area contributed by atoms with Crippen molar-refractivity contribution in [1.82, 2.24) is 29.2 Å². The van der Waals surface area contributed by atoms with Crippen LogP contribution in [0.15, 0.2) is 119 Å². The summed E-state index contributed by atoms with van der Waals surface area (Å²) in [6, 6.07) is 37.8. The SMILES string of the molecule is Cc1nnc2c3nnc(C)n3c3c(N4c5ccccc5Sc5ccccc54)ccc(N4c5ccccc5Oc5ccccc54)c3n12. The average Bonchev–Trinajstić information content (AvgIpc) is 3.68. The summed E-state index contributed by atoms with van der Waals surface area (Å²) < 4.78 is 10.7. The van der Waals surface area contributed by atoms with Gasteiger partial charge in [0.1, 0.15) is 11.6 Å². The molecule has 10 heteroatoms. The number of ether oxygens (including phenoxy) is 1. The molecule has 0 unspecified atom stereocenters. The van der Waals surface area contributed by atoms with Crippen molar-refractivity contribution < 1.29 is 4.74 Å². The standard InChI is InChI=1S/C36H24N8OS/c1-21-37-39-35-36-40-38-22(2)42(36)34-28(44-25-13-5-9-17-31(25)46-32-18-10-6-14-26(32)44)20-19-27(33(34)41(21)35)43-23-11-3-7-15-29(23)45-30-16-8-4-12-24(30)43/h3-20H,1-2H3. The summed E-state index contributed by atoms with van der Waals surface area (Å²) in [4.78, 5) is 7.01. The van der Waals surface area contributed by atoms with Gasteiger partial charge in [-0.1, -0.05) is 60.3 Å². The Labute approximate surface area is 267 Å². The van der Waals surface area contributed by atoms with E-state index in [9.17, 15) is 0 Å². The summed E-state index contributed by atoms with van der Waals surface area (Å²) in [6.07, 6.45) is 0. The number of nitrogens with zero attached hydrogens (tertiary/aromatic N) is 8. The largest absolute Gasteiger partial charge is 0.453 e. The highest BCUT2D eigenvalue weighted by molar-refractivity contribution is 7.99. The summed E-state index contributed by atoms with van der Waals surface area (Å²) in [7, 11) is 0. The van der Waals surface area contributed by atoms with Crippen LogP contribution in [0, 0.1) is 13.8 Å². The zero-order valence-electron chi connectivity index (χ0n) is 24.8. The van der Waals surface area contributed by atoms with Crippen molar-refractivity contribution in [2.45, 2.75) is 23.6 Å². The van der Waals surface area contributed by atoms with Gasteiger partial charge in [-0.2, -0.15) is 0 Å². The number of rotatable bonds is 2. The Morgan fingerprint density at radius 2 is 0.870 bits per heavy atom. The van der Waals surface area contributed by atoms with E-state index in [0.29, 0.717) is 11.3 Å². The van der Waals surface area contributed by atoms with Crippen LogP contribution in [-0.4, -0.2) is 29.2 Å². The van der Waals surface area contributed by atoms with E-state index in [1.807, 2.05) is 50.2 Å². The van der Waals surface area contributed by atoms with Crippen LogP contribution in [0.25, 0.3) is 22.3 Å². The van der Waals surface area contributed by atoms with Gasteiger partial charge in [0.25, 0.3) is 0 Å². The summed E-state index contributed by atoms with van der Waals surface area (Å²) in [5, 5.41) is 18.4. The lowest BCUT2D eigenvalue weighted by atomic mass is 10.1. The molecule has 5 heterocycles. The lowest BCUT2D eigenvalue weighted by Crippen LogP contribution is -2.19. The molecule has 2 aliphatic heterocycles. The molecule has 10 rings (SSSR count). The molecular weight excluding hydrogens is 593 g/mol. The molecule has 8 aromatic rings. The average molecular weight is 617 g/mol. The number of aryl methyl sites for hydroxylation is 2. The molecule has 0 spiro atoms. The summed E-state index contributed by atoms with van der Waals surface area (Å²) in [5.41, 5.74) is 9.25. The van der Waals surface area contributed by atoms with Crippen LogP contribution in [-0.2, 0) is 0 Å². The first kappa shape index (κ1) is 25.5. The molecule has 2 aliphatic rings. The molecule has 0 atom stereocenters. The molecule has 0 amide bonds. The van der Waals surface area contributed by atoms with Crippen LogP contribution in [0.5, 0.6) is 11.5 Å². The van der Waals surface area contributed by atoms with Crippen LogP contribution in [0.2, 0.25) is 0 Å². The van der Waals surface area contributed by atoms with E-state index >= 15 is 0 Å². The van der Waals surface area contributed by atoms with Gasteiger partial charge in [0.2, 0.25) is 11.3 Å². The van der Waals surface area contributed by atoms with Crippen LogP contribution < -0.4 is 14.5 Å². The molecule has 0 saturated heterocycles. The van der Waals surface area contributed by atoms with Crippen LogP contribution >= 0.6 is 11.8 Å². The smallest absolute Gasteiger partial charge is 0.207 e. The third kappa shape index (κ3) is 3.36. The van der Waals surface area contributed by atoms with Crippen LogP contribution in [0.4, 0.5) is 34.1 Å². The third-order valence-electron chi connectivity index (χ3n) is 8.75. The Morgan fingerprint density at radius 3 is 1.37 bits per heavy atom. The maximum absolute atomic E-state index is 6.40. The Balaban J connectivity index is 1.40. The Kier molecular flexibility index (Phi) is 5.16. The molecule has 9 nitrogen and oxygen atoms in total. The summed E-state index contributed by atoms with van der Waals surface area (Å²) >= 11 is 1.79. The Hall–Kier alpha value is -5.87. The monoisotopic (exact) mass is 616 g/mol. The molecular formula is C36H24N8OS. The van der Waals surface area contributed by atoms with Crippen molar-refractivity contribution in [3.63, 3.8) is 0 Å². The topological polar surface area (TPSA) is 76.1 Å². The van der Waals surface area contributed by atoms with Crippen molar-refractivity contribution in [3.05, 3.63) is 121 Å². The molecule has 0 fully saturated rings. The van der Waals surface area contributed by atoms with Gasteiger partial charge >= 0.3 is 0 Å². The molecule has 0 bridgehead atoms. The quantitative estimate of drug-likeness (QED) is 0.190. The van der Waals surface area contributed by atoms with Crippen molar-refractivity contribution in [2.24, 2.45) is 0 Å². The second-order valence-electron chi connectivity index (χ2n) is 11.4. The normalized spacial score (nSPS) is 13.4. The predicted molar refractivity (Wildman–Crippen MR) is 180 cm³/mol. The first-order valence-electron chi connectivity index (χ1n) is 15.0. The van der Waals surface area contributed by atoms with Crippen molar-refractivity contribution in [2.75, 3.05) is 9.80 Å². The van der Waals surface area contributed by atoms with Gasteiger partial charge in [0.05, 0.1) is 45.2 Å². The van der Waals surface area contributed by atoms with Gasteiger partial charge in [0, 0.05) is 9.79 Å². The van der Waals surface area contributed by atoms with Crippen LogP contribution in [0.1, 0.15) is 11.6 Å². The van der Waals surface area contributed by atoms with Crippen molar-refractivity contribution >= 4 is 68.2 Å². The summed E-state index contributed by atoms with van der Waals surface area (Å²) in [6.45, 7) is 3.97. The number of anilines is 6. The molecule has 0 radical (unpaired) electrons. The molecule has 0 N–H and O–H groups in total. The lowest BCUT2D eigenvalue weighted by molar-refractivity contribution is 0.477. The maximum Gasteiger partial charge on any atom is 0.207 e. The summed E-state index contributed by atoms with van der Waals surface area (Å²) in [5.74, 6) is 3.09. The molecule has 0 aliphatic carbocycles. The van der Waals surface area contributed by atoms with E-state index in [-0.39, 0.29) is 0 Å². The van der Waals surface area contributed by atoms with Crippen LogP contribution in [0.3, 0.4) is 0 Å². The van der Waals surface area contributed by atoms with Gasteiger partial charge in [-0.25, -0.2) is 0 Å². The number of hydrogen-bond acceptors (Lipinski definition) is 8. The number of hydrogen-bond donors (Lipinski definition) is 0. The van der Waals surface area contributed by atoms with Gasteiger partial charge in [-0.15, -0.1) is 20.4 Å². The zero-order chi connectivity index (χ0) is 30.5. The number of fused-ring (bicyclic) bond motifs is 10. The molecule has 3 aromatic heterocycles. The second kappa shape index (κ2) is 9.32. The Bertz CT molecular complexity index is 2290. The van der Waals surface area contributed by atoms with Gasteiger partial charge in [-0.3, -0.25) is 8.80 Å². The minimum Gasteiger partial charge on any atom is -0.453 e. The molecule has 220 valence electrons. The fourth-order valence-electron chi connectivity index (χ4n) is 6.84. The van der Waals surface area contributed by atoms with Gasteiger partial charge < -0.3 is 14.5 Å². The maximum atomic E-state index is 6.40. The van der Waals surface area contributed by atoms with Gasteiger partial charge in [0.15, 0.2) is 11.5 Å². The Morgan fingerprint density at radius 1 is 0.457 bits per heavy atom. The highest BCUT2D eigenvalue weighted by atomic mass is 32.2. The van der Waals surface area contributed by atoms with E-state index in [2.05, 4.69) is 112 Å². The minimum absolute atomic E-state index is 0.647. The molecule has 46 heavy (non-hydrogen) atoms. The highest BCUT2D eigenvalue weighted by Gasteiger charge is 2.33. The molecule has 0 saturated carbocycles. The van der Waals surface area contributed by atoms with E-state index in [0.717, 1.165) is 68.3 Å². The minimum atomic E-state index is 0.647. The number of benzene rings is 5. The van der Waals surface area contributed by atoms with E-state index in [1.54, 1.807) is 11.8 Å². The second-order valence-corrected chi connectivity index (χ2v) is 12.4. The van der Waals surface area contributed by atoms with Gasteiger partial charge in [-0.05, 0) is 74.5 Å².